The highest BCUT2D eigenvalue weighted by Gasteiger charge is 2.34. The van der Waals surface area contributed by atoms with Crippen LogP contribution < -0.4 is 10.6 Å². The van der Waals surface area contributed by atoms with Crippen LogP contribution in [0.1, 0.15) is 24.8 Å². The highest BCUT2D eigenvalue weighted by molar-refractivity contribution is 5.64. The lowest BCUT2D eigenvalue weighted by molar-refractivity contribution is 0.102. The van der Waals surface area contributed by atoms with Crippen LogP contribution in [-0.4, -0.2) is 37.6 Å². The van der Waals surface area contributed by atoms with E-state index in [0.29, 0.717) is 11.3 Å². The third-order valence-corrected chi connectivity index (χ3v) is 4.83. The molecular formula is C16H22N4. The Labute approximate surface area is 120 Å². The van der Waals surface area contributed by atoms with Crippen molar-refractivity contribution in [2.24, 2.45) is 5.92 Å². The first-order chi connectivity index (χ1) is 9.69. The number of hydrogen-bond acceptors (Lipinski definition) is 4. The van der Waals surface area contributed by atoms with Crippen LogP contribution in [0.25, 0.3) is 0 Å². The summed E-state index contributed by atoms with van der Waals surface area (Å²) in [6, 6.07) is 8.69. The molecule has 0 amide bonds. The molecule has 2 atom stereocenters. The number of fused-ring (bicyclic) bond motifs is 1. The average Bonchev–Trinajstić information content (AvgIpc) is 2.47. The number of nitrogens with zero attached hydrogens (tertiary/aromatic N) is 3. The van der Waals surface area contributed by atoms with Gasteiger partial charge in [-0.25, -0.2) is 0 Å². The summed E-state index contributed by atoms with van der Waals surface area (Å²) < 4.78 is 0. The second-order valence-corrected chi connectivity index (χ2v) is 6.07. The molecule has 2 heterocycles. The first-order valence-electron chi connectivity index (χ1n) is 7.44. The molecule has 2 N–H and O–H groups in total. The molecule has 3 rings (SSSR count). The Bertz CT molecular complexity index is 534. The molecule has 2 aliphatic heterocycles. The Morgan fingerprint density at radius 2 is 2.15 bits per heavy atom. The molecule has 2 unspecified atom stereocenters. The highest BCUT2D eigenvalue weighted by atomic mass is 15.2. The minimum absolute atomic E-state index is 0.664. The van der Waals surface area contributed by atoms with E-state index in [4.69, 9.17) is 5.73 Å². The zero-order valence-electron chi connectivity index (χ0n) is 12.0. The maximum Gasteiger partial charge on any atom is 0.101 e. The van der Waals surface area contributed by atoms with Gasteiger partial charge >= 0.3 is 0 Å². The molecule has 0 spiro atoms. The van der Waals surface area contributed by atoms with Crippen LogP contribution in [0.2, 0.25) is 0 Å². The zero-order chi connectivity index (χ0) is 14.1. The summed E-state index contributed by atoms with van der Waals surface area (Å²) in [6.45, 7) is 3.32. The smallest absolute Gasteiger partial charge is 0.101 e. The largest absolute Gasteiger partial charge is 0.399 e. The van der Waals surface area contributed by atoms with Gasteiger partial charge in [-0.05, 0) is 57.0 Å². The molecule has 0 bridgehead atoms. The molecule has 4 heteroatoms. The standard InChI is InChI=1S/C16H22N4/c1-19-7-2-3-12-11-20(8-6-15(12)19)16-5-4-14(18)9-13(16)10-17/h4-5,9,12,15H,2-3,6-8,11,18H2,1H3. The van der Waals surface area contributed by atoms with E-state index in [9.17, 15) is 5.26 Å². The SMILES string of the molecule is CN1CCCC2CN(c3ccc(N)cc3C#N)CCC21. The predicted octanol–water partition coefficient (Wildman–Crippen LogP) is 2.06. The van der Waals surface area contributed by atoms with Crippen LogP contribution in [0.4, 0.5) is 11.4 Å². The third kappa shape index (κ3) is 2.34. The van der Waals surface area contributed by atoms with E-state index in [1.54, 1.807) is 6.07 Å². The van der Waals surface area contributed by atoms with Crippen LogP contribution >= 0.6 is 0 Å². The van der Waals surface area contributed by atoms with Crippen molar-refractivity contribution in [1.29, 1.82) is 5.26 Å². The summed E-state index contributed by atoms with van der Waals surface area (Å²) in [5.41, 5.74) is 8.20. The molecule has 0 radical (unpaired) electrons. The lowest BCUT2D eigenvalue weighted by atomic mass is 9.84. The molecule has 0 aliphatic carbocycles. The van der Waals surface area contributed by atoms with Gasteiger partial charge in [-0.3, -0.25) is 0 Å². The van der Waals surface area contributed by atoms with Gasteiger partial charge in [0.1, 0.15) is 6.07 Å². The molecule has 4 nitrogen and oxygen atoms in total. The van der Waals surface area contributed by atoms with Gasteiger partial charge in [0.15, 0.2) is 0 Å². The normalized spacial score (nSPS) is 26.9. The average molecular weight is 270 g/mol. The van der Waals surface area contributed by atoms with E-state index in [1.165, 1.54) is 25.8 Å². The lowest BCUT2D eigenvalue weighted by Crippen LogP contribution is -2.52. The second-order valence-electron chi connectivity index (χ2n) is 6.07. The Balaban J connectivity index is 1.81. The number of hydrogen-bond donors (Lipinski definition) is 1. The van der Waals surface area contributed by atoms with Gasteiger partial charge in [0.2, 0.25) is 0 Å². The number of nitriles is 1. The number of benzene rings is 1. The number of nitrogen functional groups attached to an aromatic ring is 1. The van der Waals surface area contributed by atoms with Crippen LogP contribution in [0.3, 0.4) is 0 Å². The maximum atomic E-state index is 9.31. The summed E-state index contributed by atoms with van der Waals surface area (Å²) in [4.78, 5) is 4.89. The monoisotopic (exact) mass is 270 g/mol. The summed E-state index contributed by atoms with van der Waals surface area (Å²) in [7, 11) is 2.25. The van der Waals surface area contributed by atoms with Crippen molar-refractivity contribution < 1.29 is 0 Å². The molecule has 20 heavy (non-hydrogen) atoms. The lowest BCUT2D eigenvalue weighted by Gasteiger charge is -2.46. The van der Waals surface area contributed by atoms with Gasteiger partial charge in [-0.1, -0.05) is 0 Å². The molecule has 1 aromatic rings. The van der Waals surface area contributed by atoms with Gasteiger partial charge in [-0.2, -0.15) is 5.26 Å². The Kier molecular flexibility index (Phi) is 3.54. The fraction of sp³-hybridized carbons (Fsp3) is 0.562. The Morgan fingerprint density at radius 1 is 1.30 bits per heavy atom. The molecule has 1 aromatic carbocycles. The topological polar surface area (TPSA) is 56.3 Å². The summed E-state index contributed by atoms with van der Waals surface area (Å²) >= 11 is 0. The number of piperidine rings is 2. The van der Waals surface area contributed by atoms with E-state index >= 15 is 0 Å². The van der Waals surface area contributed by atoms with Gasteiger partial charge in [0, 0.05) is 24.8 Å². The number of likely N-dealkylation sites (tertiary alicyclic amines) is 1. The van der Waals surface area contributed by atoms with Crippen molar-refractivity contribution in [3.05, 3.63) is 23.8 Å². The van der Waals surface area contributed by atoms with E-state index in [2.05, 4.69) is 22.9 Å². The molecule has 2 aliphatic rings. The minimum atomic E-state index is 0.664. The summed E-state index contributed by atoms with van der Waals surface area (Å²) in [6.07, 6.45) is 3.79. The molecule has 2 saturated heterocycles. The first kappa shape index (κ1) is 13.3. The molecule has 2 fully saturated rings. The van der Waals surface area contributed by atoms with Crippen LogP contribution in [-0.2, 0) is 0 Å². The number of nitrogens with two attached hydrogens (primary N) is 1. The first-order valence-corrected chi connectivity index (χ1v) is 7.44. The molecular weight excluding hydrogens is 248 g/mol. The van der Waals surface area contributed by atoms with E-state index < -0.39 is 0 Å². The zero-order valence-corrected chi connectivity index (χ0v) is 12.0. The van der Waals surface area contributed by atoms with Crippen molar-refractivity contribution in [1.82, 2.24) is 4.90 Å². The second kappa shape index (κ2) is 5.34. The maximum absolute atomic E-state index is 9.31. The van der Waals surface area contributed by atoms with E-state index in [-0.39, 0.29) is 0 Å². The molecule has 106 valence electrons. The van der Waals surface area contributed by atoms with Crippen molar-refractivity contribution >= 4 is 11.4 Å². The van der Waals surface area contributed by atoms with Crippen molar-refractivity contribution in [3.63, 3.8) is 0 Å². The van der Waals surface area contributed by atoms with Gasteiger partial charge < -0.3 is 15.5 Å². The minimum Gasteiger partial charge on any atom is -0.399 e. The number of anilines is 2. The number of rotatable bonds is 1. The van der Waals surface area contributed by atoms with Gasteiger partial charge in [-0.15, -0.1) is 0 Å². The Hall–Kier alpha value is -1.73. The quantitative estimate of drug-likeness (QED) is 0.794. The van der Waals surface area contributed by atoms with E-state index in [1.807, 2.05) is 12.1 Å². The predicted molar refractivity (Wildman–Crippen MR) is 81.5 cm³/mol. The molecule has 0 saturated carbocycles. The van der Waals surface area contributed by atoms with Gasteiger partial charge in [0.05, 0.1) is 11.3 Å². The van der Waals surface area contributed by atoms with Crippen LogP contribution in [0, 0.1) is 17.2 Å². The van der Waals surface area contributed by atoms with E-state index in [0.717, 1.165) is 30.7 Å². The fourth-order valence-electron chi connectivity index (χ4n) is 3.79. The van der Waals surface area contributed by atoms with Crippen molar-refractivity contribution in [3.8, 4) is 6.07 Å². The van der Waals surface area contributed by atoms with Crippen molar-refractivity contribution in [2.45, 2.75) is 25.3 Å². The molecule has 0 aromatic heterocycles. The van der Waals surface area contributed by atoms with Crippen molar-refractivity contribution in [2.75, 3.05) is 37.3 Å². The fourth-order valence-corrected chi connectivity index (χ4v) is 3.79. The van der Waals surface area contributed by atoms with Crippen LogP contribution in [0.5, 0.6) is 0 Å². The highest BCUT2D eigenvalue weighted by Crippen LogP contribution is 2.33. The van der Waals surface area contributed by atoms with Crippen LogP contribution in [0.15, 0.2) is 18.2 Å². The Morgan fingerprint density at radius 3 is 2.95 bits per heavy atom. The third-order valence-electron chi connectivity index (χ3n) is 4.83. The summed E-state index contributed by atoms with van der Waals surface area (Å²) in [5, 5.41) is 9.31. The summed E-state index contributed by atoms with van der Waals surface area (Å²) in [5.74, 6) is 0.728. The van der Waals surface area contributed by atoms with Gasteiger partial charge in [0.25, 0.3) is 0 Å².